The van der Waals surface area contributed by atoms with Crippen molar-refractivity contribution in [2.45, 2.75) is 91.9 Å². The molecule has 0 aliphatic rings. The number of ketones is 2. The number of ether oxygens (including phenoxy) is 4. The predicted octanol–water partition coefficient (Wildman–Crippen LogP) is 11.0. The summed E-state index contributed by atoms with van der Waals surface area (Å²) in [6.07, 6.45) is 20.8. The quantitative estimate of drug-likeness (QED) is 0.0430. The van der Waals surface area contributed by atoms with Crippen molar-refractivity contribution < 1.29 is 38.1 Å². The highest BCUT2D eigenvalue weighted by molar-refractivity contribution is 7.12. The lowest BCUT2D eigenvalue weighted by atomic mass is 10.1. The largest absolute Gasteiger partial charge is 0.485 e. The molecule has 0 N–H and O–H groups in total. The second-order valence-electron chi connectivity index (χ2n) is 13.0. The number of allylic oxidation sites excluding steroid dienone is 2. The monoisotopic (exact) mass is 802 g/mol. The number of hydrogen-bond donors (Lipinski definition) is 0. The van der Waals surface area contributed by atoms with Crippen LogP contribution in [-0.4, -0.2) is 60.9 Å². The predicted molar refractivity (Wildman–Crippen MR) is 225 cm³/mol. The number of Topliss-reactive ketones (excluding diaryl/α,β-unsaturated/α-hetero) is 2. The van der Waals surface area contributed by atoms with Crippen molar-refractivity contribution in [1.29, 1.82) is 0 Å². The molecule has 56 heavy (non-hydrogen) atoms. The molecule has 10 nitrogen and oxygen atoms in total. The minimum Gasteiger partial charge on any atom is -0.485 e. The van der Waals surface area contributed by atoms with Crippen molar-refractivity contribution in [3.63, 3.8) is 0 Å². The van der Waals surface area contributed by atoms with E-state index in [1.807, 2.05) is 43.3 Å². The Labute approximate surface area is 339 Å². The molecule has 0 atom stereocenters. The molecule has 0 bridgehead atoms. The van der Waals surface area contributed by atoms with Crippen LogP contribution in [0, 0.1) is 13.8 Å². The zero-order valence-electron chi connectivity index (χ0n) is 33.4. The van der Waals surface area contributed by atoms with Crippen molar-refractivity contribution in [2.75, 3.05) is 27.4 Å². The first kappa shape index (κ1) is 45.4. The van der Waals surface area contributed by atoms with Gasteiger partial charge in [-0.15, -0.1) is 22.7 Å². The van der Waals surface area contributed by atoms with Crippen molar-refractivity contribution in [3.05, 3.63) is 103 Å². The van der Waals surface area contributed by atoms with Gasteiger partial charge in [-0.3, -0.25) is 9.59 Å². The minimum atomic E-state index is -0.555. The van der Waals surface area contributed by atoms with Crippen LogP contribution in [0.3, 0.4) is 0 Å². The lowest BCUT2D eigenvalue weighted by Crippen LogP contribution is -2.12. The first-order valence-corrected chi connectivity index (χ1v) is 20.8. The van der Waals surface area contributed by atoms with Gasteiger partial charge in [0.15, 0.2) is 34.6 Å². The van der Waals surface area contributed by atoms with Crippen LogP contribution >= 0.6 is 22.7 Å². The third-order valence-corrected chi connectivity index (χ3v) is 10.3. The van der Waals surface area contributed by atoms with Gasteiger partial charge >= 0.3 is 11.9 Å². The smallest absolute Gasteiger partial charge is 0.357 e. The Hall–Kier alpha value is -4.94. The van der Waals surface area contributed by atoms with E-state index in [2.05, 4.69) is 64.5 Å². The normalized spacial score (nSPS) is 11.0. The fourth-order valence-electron chi connectivity index (χ4n) is 5.23. The molecule has 0 radical (unpaired) electrons. The van der Waals surface area contributed by atoms with Gasteiger partial charge < -0.3 is 18.9 Å². The number of hydrogen-bond acceptors (Lipinski definition) is 12. The highest BCUT2D eigenvalue weighted by atomic mass is 32.1. The Morgan fingerprint density at radius 1 is 0.607 bits per heavy atom. The molecule has 0 amide bonds. The molecule has 2 aromatic heterocycles. The molecule has 0 unspecified atom stereocenters. The molecule has 4 aromatic rings. The van der Waals surface area contributed by atoms with Gasteiger partial charge in [0, 0.05) is 10.8 Å². The average Bonchev–Trinajstić information content (AvgIpc) is 3.92. The Balaban J connectivity index is 0.000000300. The summed E-state index contributed by atoms with van der Waals surface area (Å²) in [4.78, 5) is 55.3. The summed E-state index contributed by atoms with van der Waals surface area (Å²) in [7, 11) is 2.56. The van der Waals surface area contributed by atoms with E-state index < -0.39 is 11.9 Å². The highest BCUT2D eigenvalue weighted by Crippen LogP contribution is 2.22. The van der Waals surface area contributed by atoms with Crippen LogP contribution in [-0.2, 0) is 9.47 Å². The molecule has 0 aliphatic heterocycles. The van der Waals surface area contributed by atoms with E-state index in [1.165, 1.54) is 76.3 Å². The molecular weight excluding hydrogens is 749 g/mol. The number of aromatic nitrogens is 2. The van der Waals surface area contributed by atoms with E-state index in [1.54, 1.807) is 0 Å². The molecule has 2 heterocycles. The topological polar surface area (TPSA) is 131 Å². The summed E-state index contributed by atoms with van der Waals surface area (Å²) in [5, 5.41) is 3.49. The van der Waals surface area contributed by atoms with Gasteiger partial charge in [-0.2, -0.15) is 0 Å². The molecule has 0 aliphatic carbocycles. The summed E-state index contributed by atoms with van der Waals surface area (Å²) in [6, 6.07) is 11.5. The van der Waals surface area contributed by atoms with E-state index in [-0.39, 0.29) is 46.2 Å². The SMILES string of the molecule is CCCCCCC=Cc1cc(OCC(=O)c2nc(C(=O)OC)cs2)ccc1C.CCCCCCC=Cc1ccc(OCC(=O)c2nc(C(=O)OC)cs2)cc1C. The van der Waals surface area contributed by atoms with Crippen LogP contribution < -0.4 is 9.47 Å². The zero-order valence-corrected chi connectivity index (χ0v) is 35.0. The second-order valence-corrected chi connectivity index (χ2v) is 14.7. The van der Waals surface area contributed by atoms with Crippen LogP contribution in [0.25, 0.3) is 12.2 Å². The van der Waals surface area contributed by atoms with Crippen molar-refractivity contribution in [1.82, 2.24) is 9.97 Å². The van der Waals surface area contributed by atoms with E-state index in [0.717, 1.165) is 57.8 Å². The number of carbonyl (C=O) groups is 4. The number of rotatable bonds is 22. The molecular formula is C44H54N2O8S2. The number of esters is 2. The van der Waals surface area contributed by atoms with Crippen LogP contribution in [0.1, 0.15) is 141 Å². The average molecular weight is 803 g/mol. The van der Waals surface area contributed by atoms with E-state index in [0.29, 0.717) is 11.5 Å². The number of thiazole rings is 2. The zero-order chi connectivity index (χ0) is 40.7. The summed E-state index contributed by atoms with van der Waals surface area (Å²) in [5.41, 5.74) is 4.76. The number of benzene rings is 2. The minimum absolute atomic E-state index is 0.125. The van der Waals surface area contributed by atoms with Gasteiger partial charge in [0.2, 0.25) is 11.6 Å². The summed E-state index contributed by atoms with van der Waals surface area (Å²) in [6.45, 7) is 8.25. The van der Waals surface area contributed by atoms with Gasteiger partial charge in [-0.05, 0) is 86.1 Å². The van der Waals surface area contributed by atoms with Gasteiger partial charge in [-0.1, -0.05) is 88.8 Å². The third kappa shape index (κ3) is 15.7. The second kappa shape index (κ2) is 25.3. The Morgan fingerprint density at radius 3 is 1.57 bits per heavy atom. The van der Waals surface area contributed by atoms with Crippen LogP contribution in [0.5, 0.6) is 11.5 Å². The van der Waals surface area contributed by atoms with E-state index in [9.17, 15) is 19.2 Å². The molecule has 0 saturated carbocycles. The van der Waals surface area contributed by atoms with Crippen LogP contribution in [0.4, 0.5) is 0 Å². The molecule has 0 saturated heterocycles. The van der Waals surface area contributed by atoms with Crippen LogP contribution in [0.15, 0.2) is 59.3 Å². The van der Waals surface area contributed by atoms with Crippen LogP contribution in [0.2, 0.25) is 0 Å². The number of aryl methyl sites for hydroxylation is 2. The maximum Gasteiger partial charge on any atom is 0.357 e. The Bertz CT molecular complexity index is 1930. The lowest BCUT2D eigenvalue weighted by molar-refractivity contribution is 0.0586. The number of unbranched alkanes of at least 4 members (excludes halogenated alkanes) is 8. The van der Waals surface area contributed by atoms with E-state index >= 15 is 0 Å². The summed E-state index contributed by atoms with van der Waals surface area (Å²) >= 11 is 2.22. The molecule has 300 valence electrons. The van der Waals surface area contributed by atoms with Crippen molar-refractivity contribution >= 4 is 58.3 Å². The fraction of sp³-hybridized carbons (Fsp3) is 0.409. The first-order chi connectivity index (χ1) is 27.1. The van der Waals surface area contributed by atoms with Crippen molar-refractivity contribution in [2.24, 2.45) is 0 Å². The number of nitrogens with zero attached hydrogens (tertiary/aromatic N) is 2. The van der Waals surface area contributed by atoms with Gasteiger partial charge in [-0.25, -0.2) is 19.6 Å². The Kier molecular flexibility index (Phi) is 20.5. The molecule has 0 fully saturated rings. The molecule has 12 heteroatoms. The summed E-state index contributed by atoms with van der Waals surface area (Å²) in [5.74, 6) is -0.380. The third-order valence-electron chi connectivity index (χ3n) is 8.55. The van der Waals surface area contributed by atoms with Gasteiger partial charge in [0.25, 0.3) is 0 Å². The number of carbonyl (C=O) groups excluding carboxylic acids is 4. The van der Waals surface area contributed by atoms with E-state index in [4.69, 9.17) is 9.47 Å². The Morgan fingerprint density at radius 2 is 1.09 bits per heavy atom. The number of methoxy groups -OCH3 is 2. The standard InChI is InChI=1S/2C22H27NO4S/c1-4-5-6-7-8-9-10-17-11-12-18(13-16(17)2)27-14-20(24)21-23-19(15-28-21)22(25)26-3;1-4-5-6-7-8-9-10-17-13-18(12-11-16(17)2)27-14-20(24)21-23-19(15-28-21)22(25)26-3/h2*9-13,15H,4-8,14H2,1-3H3. The molecule has 0 spiro atoms. The van der Waals surface area contributed by atoms with Gasteiger partial charge in [0.05, 0.1) is 14.2 Å². The first-order valence-electron chi connectivity index (χ1n) is 19.0. The highest BCUT2D eigenvalue weighted by Gasteiger charge is 2.18. The van der Waals surface area contributed by atoms with Gasteiger partial charge in [0.1, 0.15) is 11.5 Å². The maximum absolute atomic E-state index is 12.2. The summed E-state index contributed by atoms with van der Waals surface area (Å²) < 4.78 is 20.4. The fourth-order valence-corrected chi connectivity index (χ4v) is 6.66. The lowest BCUT2D eigenvalue weighted by Gasteiger charge is -2.07. The molecule has 4 rings (SSSR count). The molecule has 2 aromatic carbocycles. The maximum atomic E-state index is 12.2. The van der Waals surface area contributed by atoms with Crippen molar-refractivity contribution in [3.8, 4) is 11.5 Å².